The molecule has 0 fully saturated rings. The Balaban J connectivity index is 2.35. The minimum atomic E-state index is 0.819. The van der Waals surface area contributed by atoms with Gasteiger partial charge in [-0.2, -0.15) is 0 Å². The van der Waals surface area contributed by atoms with Gasteiger partial charge in [-0.25, -0.2) is 0 Å². The van der Waals surface area contributed by atoms with Crippen LogP contribution >= 0.6 is 0 Å². The van der Waals surface area contributed by atoms with Crippen molar-refractivity contribution in [2.24, 2.45) is 0 Å². The third-order valence-electron chi connectivity index (χ3n) is 2.47. The van der Waals surface area contributed by atoms with Gasteiger partial charge in [0, 0.05) is 6.04 Å². The highest BCUT2D eigenvalue weighted by molar-refractivity contribution is 4.86. The van der Waals surface area contributed by atoms with E-state index in [2.05, 4.69) is 31.1 Å². The normalized spacial score (nSPS) is 26.6. The van der Waals surface area contributed by atoms with Crippen LogP contribution in [0.4, 0.5) is 0 Å². The lowest BCUT2D eigenvalue weighted by atomic mass is 10.0. The molecule has 0 saturated carbocycles. The first-order chi connectivity index (χ1) is 5.30. The van der Waals surface area contributed by atoms with Crippen LogP contribution in [0.15, 0.2) is 12.2 Å². The van der Waals surface area contributed by atoms with Gasteiger partial charge in [0.15, 0.2) is 0 Å². The van der Waals surface area contributed by atoms with Gasteiger partial charge in [-0.15, -0.1) is 0 Å². The molecule has 1 heteroatoms. The zero-order valence-corrected chi connectivity index (χ0v) is 7.71. The van der Waals surface area contributed by atoms with Crippen molar-refractivity contribution in [3.05, 3.63) is 12.2 Å². The van der Waals surface area contributed by atoms with Crippen molar-refractivity contribution in [3.8, 4) is 0 Å². The molecule has 1 atom stereocenters. The molecule has 0 saturated heterocycles. The van der Waals surface area contributed by atoms with Crippen LogP contribution in [0.3, 0.4) is 0 Å². The Bertz CT molecular complexity index is 127. The molecule has 0 N–H and O–H groups in total. The number of hydrogen-bond donors (Lipinski definition) is 0. The molecule has 1 unspecified atom stereocenters. The maximum atomic E-state index is 2.36. The minimum absolute atomic E-state index is 0.819. The highest BCUT2D eigenvalue weighted by Gasteiger charge is 2.10. The Hall–Kier alpha value is -0.300. The van der Waals surface area contributed by atoms with E-state index >= 15 is 0 Å². The fourth-order valence-corrected chi connectivity index (χ4v) is 1.66. The molecule has 0 heterocycles. The monoisotopic (exact) mass is 153 g/mol. The summed E-state index contributed by atoms with van der Waals surface area (Å²) >= 11 is 0. The smallest absolute Gasteiger partial charge is 0.00922 e. The molecular weight excluding hydrogens is 134 g/mol. The van der Waals surface area contributed by atoms with Crippen molar-refractivity contribution >= 4 is 0 Å². The number of rotatable bonds is 1. The van der Waals surface area contributed by atoms with Crippen molar-refractivity contribution in [1.82, 2.24) is 4.90 Å². The molecule has 0 spiro atoms. The summed E-state index contributed by atoms with van der Waals surface area (Å²) in [6.45, 7) is 0. The number of allylic oxidation sites excluding steroid dienone is 2. The third-order valence-corrected chi connectivity index (χ3v) is 2.47. The van der Waals surface area contributed by atoms with Gasteiger partial charge in [-0.3, -0.25) is 0 Å². The van der Waals surface area contributed by atoms with Crippen LogP contribution in [-0.2, 0) is 0 Å². The molecule has 0 aliphatic heterocycles. The van der Waals surface area contributed by atoms with E-state index < -0.39 is 0 Å². The van der Waals surface area contributed by atoms with Crippen molar-refractivity contribution in [2.75, 3.05) is 14.1 Å². The molecule has 64 valence electrons. The van der Waals surface area contributed by atoms with Gasteiger partial charge in [0.2, 0.25) is 0 Å². The molecule has 0 bridgehead atoms. The highest BCUT2D eigenvalue weighted by Crippen LogP contribution is 2.15. The maximum Gasteiger partial charge on any atom is 0.00922 e. The molecular formula is C10H19N. The largest absolute Gasteiger partial charge is 0.306 e. The summed E-state index contributed by atoms with van der Waals surface area (Å²) < 4.78 is 0. The second-order valence-corrected chi connectivity index (χ2v) is 3.60. The van der Waals surface area contributed by atoms with E-state index in [4.69, 9.17) is 0 Å². The summed E-state index contributed by atoms with van der Waals surface area (Å²) in [5, 5.41) is 0. The predicted molar refractivity (Wildman–Crippen MR) is 49.7 cm³/mol. The standard InChI is InChI=1S/C10H19N/c1-11(2)10-8-6-4-3-5-7-9-10/h3-4,10H,5-9H2,1-2H3. The van der Waals surface area contributed by atoms with Crippen molar-refractivity contribution in [3.63, 3.8) is 0 Å². The van der Waals surface area contributed by atoms with Gasteiger partial charge in [-0.1, -0.05) is 12.2 Å². The summed E-state index contributed by atoms with van der Waals surface area (Å²) in [4.78, 5) is 2.36. The second-order valence-electron chi connectivity index (χ2n) is 3.60. The first kappa shape index (κ1) is 8.79. The molecule has 0 aromatic rings. The lowest BCUT2D eigenvalue weighted by molar-refractivity contribution is 0.259. The van der Waals surface area contributed by atoms with Crippen LogP contribution in [-0.4, -0.2) is 25.0 Å². The fraction of sp³-hybridized carbons (Fsp3) is 0.800. The third kappa shape index (κ3) is 3.06. The van der Waals surface area contributed by atoms with Crippen LogP contribution in [0, 0.1) is 0 Å². The van der Waals surface area contributed by atoms with E-state index in [1.807, 2.05) is 0 Å². The molecule has 1 nitrogen and oxygen atoms in total. The van der Waals surface area contributed by atoms with Crippen LogP contribution in [0.5, 0.6) is 0 Å². The van der Waals surface area contributed by atoms with Gasteiger partial charge in [-0.05, 0) is 46.2 Å². The lowest BCUT2D eigenvalue weighted by Crippen LogP contribution is -2.27. The van der Waals surface area contributed by atoms with Crippen molar-refractivity contribution in [2.45, 2.75) is 38.1 Å². The van der Waals surface area contributed by atoms with Crippen LogP contribution in [0.1, 0.15) is 32.1 Å². The van der Waals surface area contributed by atoms with Crippen molar-refractivity contribution in [1.29, 1.82) is 0 Å². The first-order valence-electron chi connectivity index (χ1n) is 4.62. The number of hydrogen-bond acceptors (Lipinski definition) is 1. The van der Waals surface area contributed by atoms with Crippen LogP contribution in [0.2, 0.25) is 0 Å². The summed E-state index contributed by atoms with van der Waals surface area (Å²) in [5.41, 5.74) is 0. The number of nitrogens with zero attached hydrogens (tertiary/aromatic N) is 1. The molecule has 1 aliphatic carbocycles. The minimum Gasteiger partial charge on any atom is -0.306 e. The maximum absolute atomic E-state index is 2.36. The van der Waals surface area contributed by atoms with Gasteiger partial charge in [0.05, 0.1) is 0 Å². The van der Waals surface area contributed by atoms with E-state index in [0.717, 1.165) is 6.04 Å². The van der Waals surface area contributed by atoms with Crippen LogP contribution in [0.25, 0.3) is 0 Å². The van der Waals surface area contributed by atoms with Crippen molar-refractivity contribution < 1.29 is 0 Å². The van der Waals surface area contributed by atoms with E-state index in [-0.39, 0.29) is 0 Å². The summed E-state index contributed by atoms with van der Waals surface area (Å²) in [6.07, 6.45) is 11.3. The molecule has 0 radical (unpaired) electrons. The molecule has 0 aromatic carbocycles. The summed E-state index contributed by atoms with van der Waals surface area (Å²) in [6, 6.07) is 0.819. The molecule has 1 rings (SSSR count). The van der Waals surface area contributed by atoms with Gasteiger partial charge in [0.25, 0.3) is 0 Å². The Morgan fingerprint density at radius 1 is 1.09 bits per heavy atom. The quantitative estimate of drug-likeness (QED) is 0.523. The fourth-order valence-electron chi connectivity index (χ4n) is 1.66. The van der Waals surface area contributed by atoms with E-state index in [1.54, 1.807) is 0 Å². The first-order valence-corrected chi connectivity index (χ1v) is 4.62. The zero-order valence-electron chi connectivity index (χ0n) is 7.71. The van der Waals surface area contributed by atoms with E-state index in [9.17, 15) is 0 Å². The summed E-state index contributed by atoms with van der Waals surface area (Å²) in [7, 11) is 4.38. The molecule has 11 heavy (non-hydrogen) atoms. The average Bonchev–Trinajstić information content (AvgIpc) is 1.84. The van der Waals surface area contributed by atoms with E-state index in [1.165, 1.54) is 32.1 Å². The Morgan fingerprint density at radius 3 is 2.55 bits per heavy atom. The molecule has 1 aliphatic rings. The Kier molecular flexibility index (Phi) is 3.64. The van der Waals surface area contributed by atoms with Gasteiger partial charge >= 0.3 is 0 Å². The van der Waals surface area contributed by atoms with Gasteiger partial charge in [0.1, 0.15) is 0 Å². The Morgan fingerprint density at radius 2 is 1.82 bits per heavy atom. The lowest BCUT2D eigenvalue weighted by Gasteiger charge is -2.24. The highest BCUT2D eigenvalue weighted by atomic mass is 15.1. The van der Waals surface area contributed by atoms with Gasteiger partial charge < -0.3 is 4.90 Å². The topological polar surface area (TPSA) is 3.24 Å². The summed E-state index contributed by atoms with van der Waals surface area (Å²) in [5.74, 6) is 0. The average molecular weight is 153 g/mol. The van der Waals surface area contributed by atoms with E-state index in [0.29, 0.717) is 0 Å². The Labute approximate surface area is 70.1 Å². The second kappa shape index (κ2) is 4.55. The SMILES string of the molecule is CN(C)C1CCC=CCCC1. The molecule has 0 amide bonds. The van der Waals surface area contributed by atoms with Crippen LogP contribution < -0.4 is 0 Å². The predicted octanol–water partition coefficient (Wildman–Crippen LogP) is 2.44. The zero-order chi connectivity index (χ0) is 8.10. The molecule has 0 aromatic heterocycles.